The molecule has 0 saturated heterocycles. The Hall–Kier alpha value is -3.41. The number of carbonyl (C=O) groups excluding carboxylic acids is 2. The van der Waals surface area contributed by atoms with Gasteiger partial charge >= 0.3 is 0 Å². The van der Waals surface area contributed by atoms with Crippen molar-refractivity contribution in [3.63, 3.8) is 0 Å². The van der Waals surface area contributed by atoms with E-state index in [2.05, 4.69) is 24.0 Å². The molecule has 0 bridgehead atoms. The van der Waals surface area contributed by atoms with Crippen molar-refractivity contribution >= 4 is 11.7 Å². The van der Waals surface area contributed by atoms with Gasteiger partial charge in [-0.2, -0.15) is 0 Å². The van der Waals surface area contributed by atoms with Crippen LogP contribution in [0.3, 0.4) is 0 Å². The summed E-state index contributed by atoms with van der Waals surface area (Å²) in [5, 5.41) is 0. The lowest BCUT2D eigenvalue weighted by Crippen LogP contribution is -2.53. The first-order valence-electron chi connectivity index (χ1n) is 11.1. The Kier molecular flexibility index (Phi) is 4.88. The van der Waals surface area contributed by atoms with E-state index in [9.17, 15) is 9.59 Å². The Morgan fingerprint density at radius 1 is 1.06 bits per heavy atom. The second-order valence-corrected chi connectivity index (χ2v) is 9.24. The van der Waals surface area contributed by atoms with Gasteiger partial charge in [0, 0.05) is 40.4 Å². The first-order valence-corrected chi connectivity index (χ1v) is 11.1. The average Bonchev–Trinajstić information content (AvgIpc) is 2.82. The normalized spacial score (nSPS) is 26.8. The maximum atomic E-state index is 12.9. The Balaban J connectivity index is 1.75. The highest BCUT2D eigenvalue weighted by molar-refractivity contribution is 6.02. The first-order chi connectivity index (χ1) is 15.4. The highest BCUT2D eigenvalue weighted by Gasteiger charge is 2.54. The van der Waals surface area contributed by atoms with Crippen LogP contribution in [0.1, 0.15) is 37.9 Å². The monoisotopic (exact) mass is 426 g/mol. The fourth-order valence-electron chi connectivity index (χ4n) is 5.78. The van der Waals surface area contributed by atoms with E-state index in [-0.39, 0.29) is 17.6 Å². The number of rotatable bonds is 3. The van der Waals surface area contributed by atoms with Gasteiger partial charge in [0.05, 0.1) is 17.3 Å². The summed E-state index contributed by atoms with van der Waals surface area (Å²) in [6, 6.07) is 13.9. The van der Waals surface area contributed by atoms with Crippen LogP contribution in [0.2, 0.25) is 0 Å². The van der Waals surface area contributed by atoms with Gasteiger partial charge < -0.3 is 5.73 Å². The van der Waals surface area contributed by atoms with Gasteiger partial charge in [0.25, 0.3) is 0 Å². The third-order valence-corrected chi connectivity index (χ3v) is 7.42. The SMILES string of the molecule is C[C@H]1C(=O)C(C(N)=O)C[C@@]2(C)c3nc(-c4ccncc4)nc(-c4ccccc4)c3CC[C@H]12. The molecule has 5 rings (SSSR count). The van der Waals surface area contributed by atoms with Crippen LogP contribution in [0.15, 0.2) is 54.9 Å². The molecule has 0 spiro atoms. The average molecular weight is 427 g/mol. The minimum absolute atomic E-state index is 0.0323. The molecule has 2 N–H and O–H groups in total. The van der Waals surface area contributed by atoms with Gasteiger partial charge in [0.15, 0.2) is 5.82 Å². The topological polar surface area (TPSA) is 98.8 Å². The highest BCUT2D eigenvalue weighted by Crippen LogP contribution is 2.53. The fraction of sp³-hybridized carbons (Fsp3) is 0.346. The number of ketones is 1. The van der Waals surface area contributed by atoms with E-state index in [1.807, 2.05) is 37.3 Å². The van der Waals surface area contributed by atoms with E-state index < -0.39 is 17.2 Å². The Morgan fingerprint density at radius 2 is 1.78 bits per heavy atom. The summed E-state index contributed by atoms with van der Waals surface area (Å²) in [6.45, 7) is 4.08. The fourth-order valence-corrected chi connectivity index (χ4v) is 5.78. The standard InChI is InChI=1S/C26H26N4O2/c1-15-20-9-8-18-21(16-6-4-3-5-7-16)29-25(17-10-12-28-13-11-17)30-23(18)26(20,2)14-19(22(15)31)24(27)32/h3-7,10-13,15,19-20H,8-9,14H2,1-2H3,(H2,27,32)/t15-,19?,20-,26-/m1/s1. The summed E-state index contributed by atoms with van der Waals surface area (Å²) in [5.41, 5.74) is 10.1. The molecule has 32 heavy (non-hydrogen) atoms. The first kappa shape index (κ1) is 20.5. The molecule has 6 heteroatoms. The molecule has 6 nitrogen and oxygen atoms in total. The molecule has 2 aliphatic carbocycles. The number of hydrogen-bond acceptors (Lipinski definition) is 5. The number of pyridine rings is 1. The molecule has 162 valence electrons. The maximum Gasteiger partial charge on any atom is 0.228 e. The molecule has 2 aliphatic rings. The molecule has 0 aliphatic heterocycles. The predicted molar refractivity (Wildman–Crippen MR) is 121 cm³/mol. The number of aromatic nitrogens is 3. The van der Waals surface area contributed by atoms with Crippen LogP contribution in [0.4, 0.5) is 0 Å². The van der Waals surface area contributed by atoms with Crippen molar-refractivity contribution in [2.75, 3.05) is 0 Å². The van der Waals surface area contributed by atoms with Crippen molar-refractivity contribution in [3.05, 3.63) is 66.1 Å². The number of primary amides is 1. The van der Waals surface area contributed by atoms with Gasteiger partial charge in [0.2, 0.25) is 5.91 Å². The van der Waals surface area contributed by atoms with Crippen molar-refractivity contribution in [1.29, 1.82) is 0 Å². The number of hydrogen-bond donors (Lipinski definition) is 1. The quantitative estimate of drug-likeness (QED) is 0.643. The van der Waals surface area contributed by atoms with E-state index in [4.69, 9.17) is 15.7 Å². The van der Waals surface area contributed by atoms with Crippen LogP contribution in [-0.4, -0.2) is 26.6 Å². The predicted octanol–water partition coefficient (Wildman–Crippen LogP) is 3.74. The number of benzene rings is 1. The zero-order valence-corrected chi connectivity index (χ0v) is 18.3. The molecular formula is C26H26N4O2. The number of carbonyl (C=O) groups is 2. The van der Waals surface area contributed by atoms with E-state index in [0.717, 1.165) is 40.9 Å². The van der Waals surface area contributed by atoms with Crippen LogP contribution in [0, 0.1) is 17.8 Å². The zero-order valence-electron chi connectivity index (χ0n) is 18.3. The molecule has 1 amide bonds. The Bertz CT molecular complexity index is 1200. The van der Waals surface area contributed by atoms with Crippen molar-refractivity contribution < 1.29 is 9.59 Å². The van der Waals surface area contributed by atoms with Crippen LogP contribution in [0.5, 0.6) is 0 Å². The molecule has 2 heterocycles. The third kappa shape index (κ3) is 3.13. The molecule has 3 aromatic rings. The van der Waals surface area contributed by atoms with E-state index in [1.165, 1.54) is 0 Å². The second kappa shape index (κ2) is 7.62. The van der Waals surface area contributed by atoms with E-state index >= 15 is 0 Å². The molecule has 1 fully saturated rings. The van der Waals surface area contributed by atoms with Crippen molar-refractivity contribution in [2.45, 2.75) is 38.5 Å². The summed E-state index contributed by atoms with van der Waals surface area (Å²) >= 11 is 0. The minimum atomic E-state index is -0.781. The Labute approximate surface area is 187 Å². The van der Waals surface area contributed by atoms with Crippen LogP contribution in [-0.2, 0) is 21.4 Å². The van der Waals surface area contributed by atoms with Crippen molar-refractivity contribution in [2.24, 2.45) is 23.5 Å². The van der Waals surface area contributed by atoms with Crippen LogP contribution in [0.25, 0.3) is 22.6 Å². The van der Waals surface area contributed by atoms with Crippen molar-refractivity contribution in [3.8, 4) is 22.6 Å². The lowest BCUT2D eigenvalue weighted by Gasteiger charge is -2.50. The third-order valence-electron chi connectivity index (χ3n) is 7.42. The summed E-state index contributed by atoms with van der Waals surface area (Å²) in [4.78, 5) is 39.3. The van der Waals surface area contributed by atoms with Gasteiger partial charge in [-0.05, 0) is 37.3 Å². The molecule has 4 atom stereocenters. The van der Waals surface area contributed by atoms with Gasteiger partial charge in [-0.3, -0.25) is 14.6 Å². The minimum Gasteiger partial charge on any atom is -0.369 e. The highest BCUT2D eigenvalue weighted by atomic mass is 16.2. The number of nitrogens with zero attached hydrogens (tertiary/aromatic N) is 3. The second-order valence-electron chi connectivity index (χ2n) is 9.24. The van der Waals surface area contributed by atoms with Crippen molar-refractivity contribution in [1.82, 2.24) is 15.0 Å². The van der Waals surface area contributed by atoms with Gasteiger partial charge in [0.1, 0.15) is 5.78 Å². The van der Waals surface area contributed by atoms with Crippen LogP contribution >= 0.6 is 0 Å². The van der Waals surface area contributed by atoms with E-state index in [0.29, 0.717) is 12.2 Å². The number of nitrogens with two attached hydrogens (primary N) is 1. The molecule has 0 radical (unpaired) electrons. The number of fused-ring (bicyclic) bond motifs is 3. The van der Waals surface area contributed by atoms with Gasteiger partial charge in [-0.25, -0.2) is 9.97 Å². The lowest BCUT2D eigenvalue weighted by molar-refractivity contribution is -0.141. The smallest absolute Gasteiger partial charge is 0.228 e. The summed E-state index contributed by atoms with van der Waals surface area (Å²) in [7, 11) is 0. The van der Waals surface area contributed by atoms with E-state index in [1.54, 1.807) is 12.4 Å². The number of amides is 1. The van der Waals surface area contributed by atoms with Gasteiger partial charge in [-0.15, -0.1) is 0 Å². The zero-order chi connectivity index (χ0) is 22.5. The number of Topliss-reactive ketones (excluding diaryl/α,β-unsaturated/α-hetero) is 1. The summed E-state index contributed by atoms with van der Waals surface area (Å²) in [5.74, 6) is -0.847. The molecule has 1 unspecified atom stereocenters. The molecular weight excluding hydrogens is 400 g/mol. The van der Waals surface area contributed by atoms with Crippen LogP contribution < -0.4 is 5.73 Å². The Morgan fingerprint density at radius 3 is 2.47 bits per heavy atom. The summed E-state index contributed by atoms with van der Waals surface area (Å²) < 4.78 is 0. The lowest BCUT2D eigenvalue weighted by atomic mass is 9.53. The molecule has 1 aromatic carbocycles. The largest absolute Gasteiger partial charge is 0.369 e. The molecule has 2 aromatic heterocycles. The van der Waals surface area contributed by atoms with Gasteiger partial charge in [-0.1, -0.05) is 44.2 Å². The summed E-state index contributed by atoms with van der Waals surface area (Å²) in [6.07, 6.45) is 5.52. The maximum absolute atomic E-state index is 12.9. The molecule has 1 saturated carbocycles.